The predicted octanol–water partition coefficient (Wildman–Crippen LogP) is 5.19. The van der Waals surface area contributed by atoms with Crippen LogP contribution in [0, 0.1) is 11.3 Å². The monoisotopic (exact) mass is 522 g/mol. The first kappa shape index (κ1) is 25.5. The van der Waals surface area contributed by atoms with Gasteiger partial charge >= 0.3 is 12.2 Å². The van der Waals surface area contributed by atoms with E-state index < -0.39 is 23.8 Å². The molecular formula is C28H25F3N4O3. The van der Waals surface area contributed by atoms with Gasteiger partial charge in [0.1, 0.15) is 6.54 Å². The number of rotatable bonds is 5. The summed E-state index contributed by atoms with van der Waals surface area (Å²) in [5.74, 6) is -0.547. The fraction of sp³-hybridized carbons (Fsp3) is 0.357. The lowest BCUT2D eigenvalue weighted by Crippen LogP contribution is -2.54. The van der Waals surface area contributed by atoms with Gasteiger partial charge in [0.15, 0.2) is 5.78 Å². The Morgan fingerprint density at radius 1 is 1.11 bits per heavy atom. The van der Waals surface area contributed by atoms with Crippen LogP contribution >= 0.6 is 0 Å². The highest BCUT2D eigenvalue weighted by molar-refractivity contribution is 6.07. The number of nitriles is 1. The molecule has 2 aromatic rings. The van der Waals surface area contributed by atoms with Crippen molar-refractivity contribution in [2.45, 2.75) is 50.4 Å². The zero-order valence-electron chi connectivity index (χ0n) is 20.7. The van der Waals surface area contributed by atoms with Crippen LogP contribution in [-0.4, -0.2) is 47.2 Å². The third-order valence-corrected chi connectivity index (χ3v) is 7.30. The Bertz CT molecular complexity index is 1370. The third-order valence-electron chi connectivity index (χ3n) is 7.30. The molecular weight excluding hydrogens is 497 g/mol. The minimum Gasteiger partial charge on any atom is -0.341 e. The lowest BCUT2D eigenvalue weighted by Gasteiger charge is -2.45. The van der Waals surface area contributed by atoms with E-state index in [1.807, 2.05) is 6.07 Å². The number of amides is 3. The third kappa shape index (κ3) is 4.64. The van der Waals surface area contributed by atoms with Crippen molar-refractivity contribution in [2.75, 3.05) is 18.5 Å². The number of nitrogens with zero attached hydrogens (tertiary/aromatic N) is 4. The number of alkyl halides is 3. The predicted molar refractivity (Wildman–Crippen MR) is 132 cm³/mol. The molecule has 2 aromatic carbocycles. The van der Waals surface area contributed by atoms with Gasteiger partial charge in [0.2, 0.25) is 5.91 Å². The van der Waals surface area contributed by atoms with Crippen LogP contribution in [0.25, 0.3) is 0 Å². The van der Waals surface area contributed by atoms with E-state index in [4.69, 9.17) is 0 Å². The summed E-state index contributed by atoms with van der Waals surface area (Å²) in [6.07, 6.45) is -1.91. The summed E-state index contributed by atoms with van der Waals surface area (Å²) in [6.45, 7) is -0.351. The molecule has 7 nitrogen and oxygen atoms in total. The smallest absolute Gasteiger partial charge is 0.341 e. The number of carbonyl (C=O) groups excluding carboxylic acids is 3. The Kier molecular flexibility index (Phi) is 6.47. The van der Waals surface area contributed by atoms with Crippen LogP contribution in [-0.2, 0) is 15.8 Å². The topological polar surface area (TPSA) is 84.7 Å². The number of allylic oxidation sites excluding steroid dienone is 1. The number of carbonyl (C=O) groups is 3. The first-order chi connectivity index (χ1) is 18.1. The molecule has 0 N–H and O–H groups in total. The molecule has 1 aliphatic heterocycles. The van der Waals surface area contributed by atoms with Crippen LogP contribution in [0.4, 0.5) is 23.7 Å². The van der Waals surface area contributed by atoms with E-state index >= 15 is 0 Å². The number of anilines is 1. The Balaban J connectivity index is 1.67. The minimum atomic E-state index is -4.62. The minimum absolute atomic E-state index is 0.0155. The molecule has 0 spiro atoms. The molecule has 1 saturated carbocycles. The van der Waals surface area contributed by atoms with Crippen LogP contribution in [0.3, 0.4) is 0 Å². The maximum atomic E-state index is 14.1. The molecule has 0 aromatic heterocycles. The number of urea groups is 1. The number of ketones is 1. The Morgan fingerprint density at radius 3 is 2.45 bits per heavy atom. The maximum Gasteiger partial charge on any atom is 0.416 e. The average molecular weight is 523 g/mol. The van der Waals surface area contributed by atoms with Crippen LogP contribution in [0.5, 0.6) is 0 Å². The summed E-state index contributed by atoms with van der Waals surface area (Å²) < 4.78 is 40.6. The zero-order chi connectivity index (χ0) is 27.2. The van der Waals surface area contributed by atoms with Crippen LogP contribution < -0.4 is 4.90 Å². The number of hydrogen-bond donors (Lipinski definition) is 0. The van der Waals surface area contributed by atoms with Gasteiger partial charge in [0, 0.05) is 30.8 Å². The summed E-state index contributed by atoms with van der Waals surface area (Å²) in [4.78, 5) is 44.7. The van der Waals surface area contributed by atoms with Gasteiger partial charge in [-0.05, 0) is 61.6 Å². The van der Waals surface area contributed by atoms with Gasteiger partial charge in [0.05, 0.1) is 28.9 Å². The molecule has 1 fully saturated rings. The highest BCUT2D eigenvalue weighted by atomic mass is 19.4. The summed E-state index contributed by atoms with van der Waals surface area (Å²) in [6, 6.07) is 11.4. The van der Waals surface area contributed by atoms with Crippen molar-refractivity contribution < 1.29 is 27.6 Å². The van der Waals surface area contributed by atoms with Gasteiger partial charge in [-0.1, -0.05) is 18.2 Å². The van der Waals surface area contributed by atoms with E-state index in [1.54, 1.807) is 36.2 Å². The summed E-state index contributed by atoms with van der Waals surface area (Å²) in [5.41, 5.74) is 0.641. The largest absolute Gasteiger partial charge is 0.416 e. The molecule has 3 amide bonds. The summed E-state index contributed by atoms with van der Waals surface area (Å²) in [5, 5.41) is 9.23. The van der Waals surface area contributed by atoms with E-state index in [0.29, 0.717) is 35.2 Å². The first-order valence-corrected chi connectivity index (χ1v) is 12.4. The highest BCUT2D eigenvalue weighted by Crippen LogP contribution is 2.45. The SMILES string of the molecule is CN(C(=O)CN1C(=O)N(c2cccc(C(F)(F)F)c2)C2=C(C(=O)CCC2)C1c1ccc(C#N)cc1)C1CC1. The van der Waals surface area contributed by atoms with Crippen molar-refractivity contribution in [1.82, 2.24) is 9.80 Å². The first-order valence-electron chi connectivity index (χ1n) is 12.4. The Labute approximate surface area is 217 Å². The quantitative estimate of drug-likeness (QED) is 0.541. The molecule has 2 aliphatic carbocycles. The number of likely N-dealkylation sites (N-methyl/N-ethyl adjacent to an activating group) is 1. The van der Waals surface area contributed by atoms with Gasteiger partial charge in [-0.15, -0.1) is 0 Å². The molecule has 1 heterocycles. The molecule has 1 unspecified atom stereocenters. The lowest BCUT2D eigenvalue weighted by atomic mass is 9.83. The zero-order valence-corrected chi connectivity index (χ0v) is 20.7. The number of benzene rings is 2. The molecule has 0 radical (unpaired) electrons. The van der Waals surface area contributed by atoms with E-state index in [1.165, 1.54) is 17.0 Å². The molecule has 196 valence electrons. The fourth-order valence-electron chi connectivity index (χ4n) is 5.16. The average Bonchev–Trinajstić information content (AvgIpc) is 3.74. The van der Waals surface area contributed by atoms with E-state index in [2.05, 4.69) is 0 Å². The Morgan fingerprint density at radius 2 is 1.82 bits per heavy atom. The van der Waals surface area contributed by atoms with Crippen LogP contribution in [0.1, 0.15) is 54.8 Å². The van der Waals surface area contributed by atoms with Crippen molar-refractivity contribution in [1.29, 1.82) is 5.26 Å². The van der Waals surface area contributed by atoms with Crippen molar-refractivity contribution in [3.05, 3.63) is 76.5 Å². The van der Waals surface area contributed by atoms with Gasteiger partial charge in [-0.2, -0.15) is 18.4 Å². The molecule has 38 heavy (non-hydrogen) atoms. The Hall–Kier alpha value is -4.13. The van der Waals surface area contributed by atoms with E-state index in [0.717, 1.165) is 29.9 Å². The van der Waals surface area contributed by atoms with Crippen molar-refractivity contribution >= 4 is 23.4 Å². The van der Waals surface area contributed by atoms with Crippen molar-refractivity contribution in [2.24, 2.45) is 0 Å². The van der Waals surface area contributed by atoms with Gasteiger partial charge in [0.25, 0.3) is 0 Å². The van der Waals surface area contributed by atoms with Crippen LogP contribution in [0.2, 0.25) is 0 Å². The molecule has 0 saturated heterocycles. The number of halogens is 3. The number of hydrogen-bond acceptors (Lipinski definition) is 4. The standard InChI is InChI=1S/C28H25F3N4O3/c1-33(20-12-13-20)24(37)16-34-26(18-10-8-17(15-32)9-11-18)25-22(6-3-7-23(25)36)35(27(34)38)21-5-2-4-19(14-21)28(29,30)31/h2,4-5,8-11,14,20,26H,3,6-7,12-13,16H2,1H3. The second-order valence-corrected chi connectivity index (χ2v) is 9.80. The lowest BCUT2D eigenvalue weighted by molar-refractivity contribution is -0.137. The van der Waals surface area contributed by atoms with Gasteiger partial charge in [-0.25, -0.2) is 4.79 Å². The van der Waals surface area contributed by atoms with E-state index in [-0.39, 0.29) is 36.4 Å². The molecule has 1 atom stereocenters. The fourth-order valence-corrected chi connectivity index (χ4v) is 5.16. The number of Topliss-reactive ketones (excluding diaryl/α,β-unsaturated/α-hetero) is 1. The molecule has 10 heteroatoms. The van der Waals surface area contributed by atoms with Crippen molar-refractivity contribution in [3.63, 3.8) is 0 Å². The van der Waals surface area contributed by atoms with Gasteiger partial charge in [-0.3, -0.25) is 14.5 Å². The summed E-state index contributed by atoms with van der Waals surface area (Å²) in [7, 11) is 1.66. The summed E-state index contributed by atoms with van der Waals surface area (Å²) >= 11 is 0. The molecule has 0 bridgehead atoms. The second-order valence-electron chi connectivity index (χ2n) is 9.80. The normalized spacial score (nSPS) is 19.8. The maximum absolute atomic E-state index is 14.1. The highest BCUT2D eigenvalue weighted by Gasteiger charge is 2.46. The van der Waals surface area contributed by atoms with Crippen LogP contribution in [0.15, 0.2) is 59.8 Å². The second kappa shape index (κ2) is 9.63. The molecule has 3 aliphatic rings. The molecule has 5 rings (SSSR count). The van der Waals surface area contributed by atoms with E-state index in [9.17, 15) is 32.8 Å². The van der Waals surface area contributed by atoms with Gasteiger partial charge < -0.3 is 9.80 Å². The van der Waals surface area contributed by atoms with Crippen molar-refractivity contribution in [3.8, 4) is 6.07 Å².